The number of carbonyl (C=O) groups excluding carboxylic acids is 2. The van der Waals surface area contributed by atoms with E-state index in [4.69, 9.17) is 0 Å². The van der Waals surface area contributed by atoms with Crippen molar-refractivity contribution in [1.29, 1.82) is 0 Å². The van der Waals surface area contributed by atoms with Crippen LogP contribution in [0.5, 0.6) is 0 Å². The van der Waals surface area contributed by atoms with Gasteiger partial charge in [-0.3, -0.25) is 9.59 Å². The number of amides is 2. The molecule has 0 heterocycles. The van der Waals surface area contributed by atoms with E-state index in [0.29, 0.717) is 11.4 Å². The molecular formula is C22H32N2O2. The van der Waals surface area contributed by atoms with Crippen molar-refractivity contribution >= 4 is 23.2 Å². The fraction of sp³-hybridized carbons (Fsp3) is 0.636. The van der Waals surface area contributed by atoms with E-state index in [9.17, 15) is 9.59 Å². The average molecular weight is 357 g/mol. The summed E-state index contributed by atoms with van der Waals surface area (Å²) in [5.74, 6) is -0.0114. The molecule has 0 aliphatic heterocycles. The van der Waals surface area contributed by atoms with Crippen LogP contribution >= 0.6 is 0 Å². The summed E-state index contributed by atoms with van der Waals surface area (Å²) in [6.45, 7) is 17.0. The second-order valence-electron chi connectivity index (χ2n) is 10.3. The molecule has 0 unspecified atom stereocenters. The van der Waals surface area contributed by atoms with Crippen LogP contribution in [0.25, 0.3) is 0 Å². The zero-order chi connectivity index (χ0) is 19.7. The molecule has 4 nitrogen and oxygen atoms in total. The number of hydrogen-bond acceptors (Lipinski definition) is 2. The van der Waals surface area contributed by atoms with Crippen molar-refractivity contribution in [2.45, 2.75) is 55.4 Å². The van der Waals surface area contributed by atoms with Gasteiger partial charge >= 0.3 is 0 Å². The summed E-state index contributed by atoms with van der Waals surface area (Å²) in [7, 11) is 0. The third kappa shape index (κ3) is 2.49. The highest BCUT2D eigenvalue weighted by atomic mass is 16.2. The number of para-hydroxylation sites is 2. The molecule has 142 valence electrons. The molecule has 2 amide bonds. The maximum Gasteiger partial charge on any atom is 0.228 e. The van der Waals surface area contributed by atoms with Crippen molar-refractivity contribution in [3.63, 3.8) is 0 Å². The first-order chi connectivity index (χ1) is 11.8. The molecule has 4 heteroatoms. The molecular weight excluding hydrogens is 324 g/mol. The van der Waals surface area contributed by atoms with Gasteiger partial charge in [0.2, 0.25) is 11.8 Å². The van der Waals surface area contributed by atoms with Crippen LogP contribution in [-0.4, -0.2) is 11.8 Å². The molecule has 0 bridgehead atoms. The van der Waals surface area contributed by atoms with Gasteiger partial charge in [0.25, 0.3) is 0 Å². The molecule has 3 rings (SSSR count). The fourth-order valence-corrected chi connectivity index (χ4v) is 4.81. The van der Waals surface area contributed by atoms with Gasteiger partial charge in [0.15, 0.2) is 0 Å². The quantitative estimate of drug-likeness (QED) is 0.804. The predicted molar refractivity (Wildman–Crippen MR) is 106 cm³/mol. The van der Waals surface area contributed by atoms with E-state index in [2.05, 4.69) is 66.0 Å². The third-order valence-corrected chi connectivity index (χ3v) is 8.01. The van der Waals surface area contributed by atoms with Crippen molar-refractivity contribution in [3.8, 4) is 0 Å². The Hall–Kier alpha value is -1.84. The molecule has 1 aromatic rings. The minimum atomic E-state index is -0.0277. The third-order valence-electron chi connectivity index (χ3n) is 8.01. The normalized spacial score (nSPS) is 24.6. The van der Waals surface area contributed by atoms with Gasteiger partial charge in [0.1, 0.15) is 0 Å². The van der Waals surface area contributed by atoms with Crippen LogP contribution in [0.4, 0.5) is 11.4 Å². The van der Waals surface area contributed by atoms with Gasteiger partial charge in [-0.25, -0.2) is 0 Å². The summed E-state index contributed by atoms with van der Waals surface area (Å²) < 4.78 is 0. The van der Waals surface area contributed by atoms with Crippen molar-refractivity contribution in [1.82, 2.24) is 0 Å². The zero-order valence-corrected chi connectivity index (χ0v) is 17.3. The summed E-state index contributed by atoms with van der Waals surface area (Å²) in [6, 6.07) is 7.44. The number of anilines is 2. The number of benzene rings is 1. The van der Waals surface area contributed by atoms with Crippen LogP contribution in [-0.2, 0) is 9.59 Å². The molecule has 2 saturated carbocycles. The lowest BCUT2D eigenvalue weighted by molar-refractivity contribution is -0.119. The molecule has 1 aromatic carbocycles. The summed E-state index contributed by atoms with van der Waals surface area (Å²) in [6.07, 6.45) is 0. The van der Waals surface area contributed by atoms with Crippen LogP contribution < -0.4 is 10.6 Å². The lowest BCUT2D eigenvalue weighted by atomic mass is 10.0. The molecule has 0 spiro atoms. The van der Waals surface area contributed by atoms with E-state index >= 15 is 0 Å². The molecule has 0 aromatic heterocycles. The van der Waals surface area contributed by atoms with Gasteiger partial charge in [0, 0.05) is 11.8 Å². The molecule has 0 atom stereocenters. The Bertz CT molecular complexity index is 681. The summed E-state index contributed by atoms with van der Waals surface area (Å²) >= 11 is 0. The van der Waals surface area contributed by atoms with E-state index in [-0.39, 0.29) is 45.3 Å². The highest BCUT2D eigenvalue weighted by Crippen LogP contribution is 2.69. The van der Waals surface area contributed by atoms with Gasteiger partial charge < -0.3 is 10.6 Å². The minimum Gasteiger partial charge on any atom is -0.324 e. The Balaban J connectivity index is 1.74. The van der Waals surface area contributed by atoms with Crippen molar-refractivity contribution in [2.24, 2.45) is 33.5 Å². The van der Waals surface area contributed by atoms with E-state index in [1.54, 1.807) is 0 Å². The Kier molecular flexibility index (Phi) is 3.89. The van der Waals surface area contributed by atoms with Crippen LogP contribution in [0.2, 0.25) is 0 Å². The van der Waals surface area contributed by atoms with Gasteiger partial charge in [-0.1, -0.05) is 67.5 Å². The van der Waals surface area contributed by atoms with Crippen molar-refractivity contribution in [3.05, 3.63) is 24.3 Å². The SMILES string of the molecule is CC1(C)C(C(=O)Nc2ccccc2NC(=O)C2C(C)(C)C2(C)C)C1(C)C. The topological polar surface area (TPSA) is 58.2 Å². The Labute approximate surface area is 157 Å². The smallest absolute Gasteiger partial charge is 0.228 e. The monoisotopic (exact) mass is 356 g/mol. The summed E-state index contributed by atoms with van der Waals surface area (Å²) in [5.41, 5.74) is 1.27. The number of carbonyl (C=O) groups is 2. The molecule has 0 saturated heterocycles. The number of rotatable bonds is 4. The van der Waals surface area contributed by atoms with Crippen LogP contribution in [0, 0.1) is 33.5 Å². The second kappa shape index (κ2) is 5.34. The number of nitrogens with one attached hydrogen (secondary N) is 2. The minimum absolute atomic E-state index is 0.0165. The molecule has 2 N–H and O–H groups in total. The first-order valence-electron chi connectivity index (χ1n) is 9.47. The highest BCUT2D eigenvalue weighted by molar-refractivity contribution is 6.03. The average Bonchev–Trinajstić information content (AvgIpc) is 3.09. The van der Waals surface area contributed by atoms with E-state index in [1.165, 1.54) is 0 Å². The lowest BCUT2D eigenvalue weighted by Gasteiger charge is -2.13. The Morgan fingerprint density at radius 1 is 0.654 bits per heavy atom. The fourth-order valence-electron chi connectivity index (χ4n) is 4.81. The van der Waals surface area contributed by atoms with Crippen molar-refractivity contribution < 1.29 is 9.59 Å². The highest BCUT2D eigenvalue weighted by Gasteiger charge is 2.69. The number of hydrogen-bond donors (Lipinski definition) is 2. The molecule has 0 radical (unpaired) electrons. The summed E-state index contributed by atoms with van der Waals surface area (Å²) in [4.78, 5) is 25.5. The largest absolute Gasteiger partial charge is 0.324 e. The van der Waals surface area contributed by atoms with Gasteiger partial charge in [0.05, 0.1) is 11.4 Å². The van der Waals surface area contributed by atoms with E-state index in [1.807, 2.05) is 24.3 Å². The van der Waals surface area contributed by atoms with Gasteiger partial charge in [-0.05, 0) is 33.8 Å². The van der Waals surface area contributed by atoms with Crippen LogP contribution in [0.1, 0.15) is 55.4 Å². The molecule has 2 aliphatic rings. The molecule has 2 fully saturated rings. The standard InChI is InChI=1S/C22H32N2O2/c1-19(2)15(20(19,3)4)17(25)23-13-11-9-10-12-14(13)24-18(26)16-21(5,6)22(16,7)8/h9-12,15-16H,1-8H3,(H,23,25)(H,24,26). The van der Waals surface area contributed by atoms with Crippen LogP contribution in [0.3, 0.4) is 0 Å². The molecule has 2 aliphatic carbocycles. The maximum absolute atomic E-state index is 12.8. The first kappa shape index (κ1) is 18.9. The lowest BCUT2D eigenvalue weighted by Crippen LogP contribution is -2.21. The summed E-state index contributed by atoms with van der Waals surface area (Å²) in [5, 5.41) is 6.07. The van der Waals surface area contributed by atoms with Crippen molar-refractivity contribution in [2.75, 3.05) is 10.6 Å². The predicted octanol–water partition coefficient (Wildman–Crippen LogP) is 4.93. The zero-order valence-electron chi connectivity index (χ0n) is 17.3. The van der Waals surface area contributed by atoms with E-state index < -0.39 is 0 Å². The first-order valence-corrected chi connectivity index (χ1v) is 9.47. The molecule has 26 heavy (non-hydrogen) atoms. The van der Waals surface area contributed by atoms with Gasteiger partial charge in [-0.2, -0.15) is 0 Å². The Morgan fingerprint density at radius 3 is 1.15 bits per heavy atom. The Morgan fingerprint density at radius 2 is 0.923 bits per heavy atom. The van der Waals surface area contributed by atoms with Crippen LogP contribution in [0.15, 0.2) is 24.3 Å². The van der Waals surface area contributed by atoms with E-state index in [0.717, 1.165) is 0 Å². The second-order valence-corrected chi connectivity index (χ2v) is 10.3. The maximum atomic E-state index is 12.8. The van der Waals surface area contributed by atoms with Gasteiger partial charge in [-0.15, -0.1) is 0 Å².